The molecule has 0 spiro atoms. The van der Waals surface area contributed by atoms with E-state index in [2.05, 4.69) is 63.6 Å². The number of nitrogens with one attached hydrogen (secondary N) is 1. The molecule has 1 heterocycles. The van der Waals surface area contributed by atoms with Gasteiger partial charge in [-0.15, -0.1) is 0 Å². The van der Waals surface area contributed by atoms with E-state index in [1.165, 1.54) is 11.1 Å². The molecule has 0 fully saturated rings. The van der Waals surface area contributed by atoms with Gasteiger partial charge in [0.25, 0.3) is 0 Å². The Bertz CT molecular complexity index is 525. The molecule has 3 N–H and O–H groups in total. The number of hydrazine groups is 1. The fraction of sp³-hybridized carbons (Fsp3) is 0.267. The fourth-order valence-corrected chi connectivity index (χ4v) is 2.47. The zero-order chi connectivity index (χ0) is 13.7. The van der Waals surface area contributed by atoms with E-state index in [1.54, 1.807) is 6.20 Å². The smallest absolute Gasteiger partial charge is 0.0500 e. The summed E-state index contributed by atoms with van der Waals surface area (Å²) in [6.45, 7) is 2.15. The lowest BCUT2D eigenvalue weighted by Gasteiger charge is -2.16. The van der Waals surface area contributed by atoms with Gasteiger partial charge >= 0.3 is 0 Å². The van der Waals surface area contributed by atoms with E-state index in [4.69, 9.17) is 5.84 Å². The Kier molecular flexibility index (Phi) is 5.07. The summed E-state index contributed by atoms with van der Waals surface area (Å²) in [5.41, 5.74) is 6.56. The second-order valence-electron chi connectivity index (χ2n) is 4.53. The molecule has 1 atom stereocenters. The van der Waals surface area contributed by atoms with Crippen LogP contribution in [0.5, 0.6) is 0 Å². The van der Waals surface area contributed by atoms with Crippen molar-refractivity contribution in [2.75, 3.05) is 0 Å². The molecule has 0 bridgehead atoms. The summed E-state index contributed by atoms with van der Waals surface area (Å²) in [5, 5.41) is 0. The number of rotatable bonds is 5. The van der Waals surface area contributed by atoms with Crippen molar-refractivity contribution < 1.29 is 0 Å². The fourth-order valence-electron chi connectivity index (χ4n) is 2.06. The van der Waals surface area contributed by atoms with Crippen molar-refractivity contribution in [3.63, 3.8) is 0 Å². The molecule has 3 nitrogen and oxygen atoms in total. The lowest BCUT2D eigenvalue weighted by molar-refractivity contribution is 0.551. The molecule has 0 saturated heterocycles. The van der Waals surface area contributed by atoms with Crippen LogP contribution in [0, 0.1) is 0 Å². The maximum Gasteiger partial charge on any atom is 0.0500 e. The highest BCUT2D eigenvalue weighted by molar-refractivity contribution is 9.10. The van der Waals surface area contributed by atoms with Gasteiger partial charge in [-0.1, -0.05) is 31.2 Å². The van der Waals surface area contributed by atoms with Crippen LogP contribution >= 0.6 is 15.9 Å². The second-order valence-corrected chi connectivity index (χ2v) is 5.45. The molecule has 0 aliphatic rings. The van der Waals surface area contributed by atoms with Crippen molar-refractivity contribution in [3.05, 3.63) is 63.9 Å². The van der Waals surface area contributed by atoms with Crippen LogP contribution in [0.4, 0.5) is 0 Å². The Labute approximate surface area is 122 Å². The summed E-state index contributed by atoms with van der Waals surface area (Å²) in [5.74, 6) is 5.68. The number of benzene rings is 1. The van der Waals surface area contributed by atoms with Gasteiger partial charge < -0.3 is 0 Å². The van der Waals surface area contributed by atoms with Crippen molar-refractivity contribution >= 4 is 15.9 Å². The third kappa shape index (κ3) is 3.86. The van der Waals surface area contributed by atoms with Crippen molar-refractivity contribution in [2.24, 2.45) is 5.84 Å². The summed E-state index contributed by atoms with van der Waals surface area (Å²) in [4.78, 5) is 4.18. The van der Waals surface area contributed by atoms with Crippen LogP contribution in [-0.2, 0) is 12.8 Å². The van der Waals surface area contributed by atoms with Crippen LogP contribution in [0.1, 0.15) is 29.7 Å². The topological polar surface area (TPSA) is 50.9 Å². The highest BCUT2D eigenvalue weighted by Crippen LogP contribution is 2.20. The Hall–Kier alpha value is -1.23. The molecule has 4 heteroatoms. The van der Waals surface area contributed by atoms with Crippen LogP contribution in [0.25, 0.3) is 0 Å². The number of aromatic nitrogens is 1. The van der Waals surface area contributed by atoms with E-state index >= 15 is 0 Å². The molecule has 0 radical (unpaired) electrons. The molecule has 0 aliphatic carbocycles. The summed E-state index contributed by atoms with van der Waals surface area (Å²) in [6.07, 6.45) is 5.52. The lowest BCUT2D eigenvalue weighted by atomic mass is 9.99. The van der Waals surface area contributed by atoms with E-state index < -0.39 is 0 Å². The average Bonchev–Trinajstić information content (AvgIpc) is 2.45. The second kappa shape index (κ2) is 6.80. The zero-order valence-electron chi connectivity index (χ0n) is 10.9. The van der Waals surface area contributed by atoms with E-state index in [0.29, 0.717) is 0 Å². The van der Waals surface area contributed by atoms with Crippen LogP contribution in [0.15, 0.2) is 47.2 Å². The minimum Gasteiger partial charge on any atom is -0.271 e. The highest BCUT2D eigenvalue weighted by atomic mass is 79.9. The lowest BCUT2D eigenvalue weighted by Crippen LogP contribution is -2.29. The number of nitrogens with zero attached hydrogens (tertiary/aromatic N) is 1. The molecular formula is C15H18BrN3. The molecule has 1 aromatic heterocycles. The maximum absolute atomic E-state index is 5.68. The number of aryl methyl sites for hydroxylation is 1. The summed E-state index contributed by atoms with van der Waals surface area (Å²) in [7, 11) is 0. The molecular weight excluding hydrogens is 302 g/mol. The minimum atomic E-state index is 0.0991. The van der Waals surface area contributed by atoms with E-state index in [1.807, 2.05) is 6.20 Å². The van der Waals surface area contributed by atoms with Gasteiger partial charge in [-0.3, -0.25) is 16.3 Å². The third-order valence-corrected chi connectivity index (χ3v) is 3.63. The first-order chi connectivity index (χ1) is 9.22. The number of hydrogen-bond donors (Lipinski definition) is 2. The average molecular weight is 320 g/mol. The summed E-state index contributed by atoms with van der Waals surface area (Å²) < 4.78 is 0.988. The summed E-state index contributed by atoms with van der Waals surface area (Å²) in [6, 6.07) is 10.7. The monoisotopic (exact) mass is 319 g/mol. The predicted molar refractivity (Wildman–Crippen MR) is 81.5 cm³/mol. The maximum atomic E-state index is 5.68. The first kappa shape index (κ1) is 14.2. The molecule has 2 rings (SSSR count). The Balaban J connectivity index is 2.15. The molecule has 1 unspecified atom stereocenters. The first-order valence-electron chi connectivity index (χ1n) is 6.37. The van der Waals surface area contributed by atoms with Crippen LogP contribution in [0.3, 0.4) is 0 Å². The van der Waals surface area contributed by atoms with Crippen molar-refractivity contribution in [1.82, 2.24) is 10.4 Å². The first-order valence-corrected chi connectivity index (χ1v) is 7.16. The molecule has 0 saturated carbocycles. The van der Waals surface area contributed by atoms with Crippen LogP contribution in [-0.4, -0.2) is 4.98 Å². The Morgan fingerprint density at radius 3 is 2.53 bits per heavy atom. The molecule has 1 aromatic carbocycles. The van der Waals surface area contributed by atoms with Crippen LogP contribution in [0.2, 0.25) is 0 Å². The third-order valence-electron chi connectivity index (χ3n) is 3.19. The minimum absolute atomic E-state index is 0.0991. The summed E-state index contributed by atoms with van der Waals surface area (Å²) >= 11 is 3.43. The Morgan fingerprint density at radius 1 is 1.21 bits per heavy atom. The number of pyridine rings is 1. The van der Waals surface area contributed by atoms with Crippen molar-refractivity contribution in [3.8, 4) is 0 Å². The van der Waals surface area contributed by atoms with E-state index in [-0.39, 0.29) is 6.04 Å². The van der Waals surface area contributed by atoms with Gasteiger partial charge in [0.05, 0.1) is 6.04 Å². The Morgan fingerprint density at radius 2 is 1.95 bits per heavy atom. The van der Waals surface area contributed by atoms with Gasteiger partial charge in [0, 0.05) is 16.9 Å². The number of hydrogen-bond acceptors (Lipinski definition) is 3. The van der Waals surface area contributed by atoms with Crippen LogP contribution < -0.4 is 11.3 Å². The van der Waals surface area contributed by atoms with E-state index in [9.17, 15) is 0 Å². The molecule has 0 amide bonds. The number of halogens is 1. The normalized spacial score (nSPS) is 12.4. The van der Waals surface area contributed by atoms with Gasteiger partial charge in [-0.2, -0.15) is 0 Å². The molecule has 19 heavy (non-hydrogen) atoms. The standard InChI is InChI=1S/C15H18BrN3/c1-2-11-3-5-13(6-4-11)15(19-17)8-12-7-14(16)10-18-9-12/h3-7,9-10,15,19H,2,8,17H2,1H3. The van der Waals surface area contributed by atoms with Crippen molar-refractivity contribution in [1.29, 1.82) is 0 Å². The van der Waals surface area contributed by atoms with Gasteiger partial charge in [0.2, 0.25) is 0 Å². The molecule has 2 aromatic rings. The highest BCUT2D eigenvalue weighted by Gasteiger charge is 2.10. The number of nitrogens with two attached hydrogens (primary N) is 1. The quantitative estimate of drug-likeness (QED) is 0.657. The van der Waals surface area contributed by atoms with Gasteiger partial charge in [0.15, 0.2) is 0 Å². The molecule has 0 aliphatic heterocycles. The van der Waals surface area contributed by atoms with E-state index in [0.717, 1.165) is 22.9 Å². The SMILES string of the molecule is CCc1ccc(C(Cc2cncc(Br)c2)NN)cc1. The van der Waals surface area contributed by atoms with Gasteiger partial charge in [-0.05, 0) is 51.5 Å². The van der Waals surface area contributed by atoms with Gasteiger partial charge in [0.1, 0.15) is 0 Å². The predicted octanol–water partition coefficient (Wildman–Crippen LogP) is 3.15. The largest absolute Gasteiger partial charge is 0.271 e. The van der Waals surface area contributed by atoms with Gasteiger partial charge in [-0.25, -0.2) is 0 Å². The molecule has 100 valence electrons. The van der Waals surface area contributed by atoms with Crippen molar-refractivity contribution in [2.45, 2.75) is 25.8 Å². The zero-order valence-corrected chi connectivity index (χ0v) is 12.5.